The van der Waals surface area contributed by atoms with E-state index < -0.39 is 23.9 Å². The zero-order valence-corrected chi connectivity index (χ0v) is 20.1. The minimum atomic E-state index is -1.24. The van der Waals surface area contributed by atoms with Gasteiger partial charge in [0, 0.05) is 12.8 Å². The van der Waals surface area contributed by atoms with E-state index in [0.29, 0.717) is 37.0 Å². The third kappa shape index (κ3) is 5.56. The molecule has 0 amide bonds. The number of rotatable bonds is 7. The molecule has 3 rings (SSSR count). The van der Waals surface area contributed by atoms with E-state index in [2.05, 4.69) is 32.6 Å². The lowest BCUT2D eigenvalue weighted by molar-refractivity contribution is -0.0439. The van der Waals surface area contributed by atoms with Crippen molar-refractivity contribution in [1.29, 1.82) is 0 Å². The van der Waals surface area contributed by atoms with Gasteiger partial charge in [0.1, 0.15) is 0 Å². The van der Waals surface area contributed by atoms with Crippen LogP contribution in [0.3, 0.4) is 0 Å². The van der Waals surface area contributed by atoms with Gasteiger partial charge in [-0.1, -0.05) is 38.2 Å². The van der Waals surface area contributed by atoms with Crippen molar-refractivity contribution in [1.82, 2.24) is 0 Å². The number of aliphatic hydroxyl groups is 5. The third-order valence-electron chi connectivity index (χ3n) is 8.65. The number of allylic oxidation sites excluding steroid dienone is 3. The lowest BCUT2D eigenvalue weighted by atomic mass is 9.60. The molecule has 0 bridgehead atoms. The minimum absolute atomic E-state index is 0.195. The predicted octanol–water partition coefficient (Wildman–Crippen LogP) is 3.65. The highest BCUT2D eigenvalue weighted by molar-refractivity contribution is 5.38. The summed E-state index contributed by atoms with van der Waals surface area (Å²) in [7, 11) is 0. The summed E-state index contributed by atoms with van der Waals surface area (Å²) in [5.41, 5.74) is 2.12. The van der Waals surface area contributed by atoms with Crippen molar-refractivity contribution >= 4 is 0 Å². The molecule has 0 saturated heterocycles. The maximum atomic E-state index is 10.5. The van der Waals surface area contributed by atoms with E-state index in [1.807, 2.05) is 0 Å². The zero-order chi connectivity index (χ0) is 23.7. The van der Waals surface area contributed by atoms with E-state index in [4.69, 9.17) is 0 Å². The molecule has 5 N–H and O–H groups in total. The fraction of sp³-hybridized carbons (Fsp3) is 0.778. The average Bonchev–Trinajstić information content (AvgIpc) is 3.06. The molecule has 8 atom stereocenters. The highest BCUT2D eigenvalue weighted by atomic mass is 16.3. The van der Waals surface area contributed by atoms with Gasteiger partial charge in [0.15, 0.2) is 0 Å². The van der Waals surface area contributed by atoms with Crippen molar-refractivity contribution in [3.05, 3.63) is 35.5 Å². The van der Waals surface area contributed by atoms with Gasteiger partial charge in [0.25, 0.3) is 0 Å². The Balaban J connectivity index is 1.71. The molecule has 3 aliphatic carbocycles. The van der Waals surface area contributed by atoms with E-state index in [-0.39, 0.29) is 18.4 Å². The molecule has 3 fully saturated rings. The molecule has 0 spiro atoms. The van der Waals surface area contributed by atoms with Crippen LogP contribution in [0.25, 0.3) is 0 Å². The van der Waals surface area contributed by atoms with Crippen LogP contribution in [-0.4, -0.2) is 56.1 Å². The zero-order valence-electron chi connectivity index (χ0n) is 20.1. The third-order valence-corrected chi connectivity index (χ3v) is 8.65. The average molecular weight is 449 g/mol. The van der Waals surface area contributed by atoms with Crippen LogP contribution in [0.5, 0.6) is 0 Å². The van der Waals surface area contributed by atoms with Crippen molar-refractivity contribution < 1.29 is 25.5 Å². The Morgan fingerprint density at radius 3 is 2.66 bits per heavy atom. The monoisotopic (exact) mass is 448 g/mol. The fourth-order valence-corrected chi connectivity index (χ4v) is 6.93. The SMILES string of the molecule is C=C1/C(=C\C=C2CCC[C@@]3(C)C2CC[C@@H]3[C@H](C)C[C@@H](O)C[C@@](C)(O)CO)C[C@@H](O)C[C@H]1O. The van der Waals surface area contributed by atoms with Gasteiger partial charge in [-0.05, 0) is 86.2 Å². The second kappa shape index (κ2) is 10.1. The summed E-state index contributed by atoms with van der Waals surface area (Å²) in [5, 5.41) is 50.1. The Kier molecular flexibility index (Phi) is 8.10. The number of hydrogen-bond acceptors (Lipinski definition) is 5. The largest absolute Gasteiger partial charge is 0.393 e. The van der Waals surface area contributed by atoms with Crippen LogP contribution in [0.4, 0.5) is 0 Å². The summed E-state index contributed by atoms with van der Waals surface area (Å²) in [6.07, 6.45) is 10.0. The summed E-state index contributed by atoms with van der Waals surface area (Å²) < 4.78 is 0. The maximum absolute atomic E-state index is 10.5. The molecule has 0 aromatic carbocycles. The van der Waals surface area contributed by atoms with Gasteiger partial charge in [-0.2, -0.15) is 0 Å². The molecule has 3 aliphatic rings. The molecule has 0 aromatic heterocycles. The van der Waals surface area contributed by atoms with E-state index >= 15 is 0 Å². The van der Waals surface area contributed by atoms with Gasteiger partial charge in [0.2, 0.25) is 0 Å². The Bertz CT molecular complexity index is 738. The Morgan fingerprint density at radius 2 is 1.97 bits per heavy atom. The maximum Gasteiger partial charge on any atom is 0.0874 e. The normalized spacial score (nSPS) is 39.7. The van der Waals surface area contributed by atoms with Gasteiger partial charge in [0.05, 0.1) is 30.5 Å². The molecule has 0 heterocycles. The summed E-state index contributed by atoms with van der Waals surface area (Å²) in [4.78, 5) is 0. The van der Waals surface area contributed by atoms with Crippen molar-refractivity contribution in [2.75, 3.05) is 6.61 Å². The first-order valence-electron chi connectivity index (χ1n) is 12.4. The molecule has 32 heavy (non-hydrogen) atoms. The summed E-state index contributed by atoms with van der Waals surface area (Å²) in [6.45, 7) is 9.90. The number of fused-ring (bicyclic) bond motifs is 1. The molecule has 5 heteroatoms. The van der Waals surface area contributed by atoms with E-state index in [9.17, 15) is 25.5 Å². The van der Waals surface area contributed by atoms with E-state index in [0.717, 1.165) is 36.8 Å². The Morgan fingerprint density at radius 1 is 1.25 bits per heavy atom. The second-order valence-corrected chi connectivity index (χ2v) is 11.4. The quantitative estimate of drug-likeness (QED) is 0.409. The standard InChI is InChI=1S/C27H44O5/c1-17(12-22(30)15-26(3,32)16-28)23-9-10-24-19(6-5-11-27(23,24)4)7-8-20-13-21(29)14-25(31)18(20)2/h7-8,17,21-25,28-32H,2,5-6,9-16H2,1,3-4H3/b19-7?,20-8-/t17-,21-,22-,23-,24?,25-,26-,27-/m1/s1. The van der Waals surface area contributed by atoms with Gasteiger partial charge in [-0.15, -0.1) is 0 Å². The molecular weight excluding hydrogens is 404 g/mol. The smallest absolute Gasteiger partial charge is 0.0874 e. The second-order valence-electron chi connectivity index (χ2n) is 11.4. The van der Waals surface area contributed by atoms with Crippen molar-refractivity contribution in [2.24, 2.45) is 23.2 Å². The fourth-order valence-electron chi connectivity index (χ4n) is 6.93. The number of hydrogen-bond donors (Lipinski definition) is 5. The van der Waals surface area contributed by atoms with Gasteiger partial charge >= 0.3 is 0 Å². The van der Waals surface area contributed by atoms with Crippen LogP contribution in [-0.2, 0) is 0 Å². The first-order chi connectivity index (χ1) is 15.0. The predicted molar refractivity (Wildman–Crippen MR) is 127 cm³/mol. The lowest BCUT2D eigenvalue weighted by Gasteiger charge is -2.45. The molecule has 3 saturated carbocycles. The highest BCUT2D eigenvalue weighted by Gasteiger charge is 2.50. The Labute approximate surface area is 193 Å². The summed E-state index contributed by atoms with van der Waals surface area (Å²) in [6, 6.07) is 0. The van der Waals surface area contributed by atoms with Crippen LogP contribution in [0.15, 0.2) is 35.5 Å². The molecule has 0 radical (unpaired) electrons. The minimum Gasteiger partial charge on any atom is -0.393 e. The van der Waals surface area contributed by atoms with Gasteiger partial charge in [-0.3, -0.25) is 0 Å². The Hall–Kier alpha value is -0.980. The highest BCUT2D eigenvalue weighted by Crippen LogP contribution is 2.60. The first-order valence-corrected chi connectivity index (χ1v) is 12.4. The molecule has 182 valence electrons. The summed E-state index contributed by atoms with van der Waals surface area (Å²) in [5.74, 6) is 1.38. The van der Waals surface area contributed by atoms with Crippen molar-refractivity contribution in [3.63, 3.8) is 0 Å². The van der Waals surface area contributed by atoms with Crippen LogP contribution >= 0.6 is 0 Å². The van der Waals surface area contributed by atoms with Crippen LogP contribution in [0.2, 0.25) is 0 Å². The molecular formula is C27H44O5. The molecule has 0 aromatic rings. The van der Waals surface area contributed by atoms with Gasteiger partial charge in [-0.25, -0.2) is 0 Å². The lowest BCUT2D eigenvalue weighted by Crippen LogP contribution is -2.38. The van der Waals surface area contributed by atoms with Crippen LogP contribution in [0, 0.1) is 23.2 Å². The summed E-state index contributed by atoms with van der Waals surface area (Å²) >= 11 is 0. The van der Waals surface area contributed by atoms with Gasteiger partial charge < -0.3 is 25.5 Å². The van der Waals surface area contributed by atoms with Crippen molar-refractivity contribution in [3.8, 4) is 0 Å². The molecule has 0 aliphatic heterocycles. The first kappa shape index (κ1) is 25.6. The number of aliphatic hydroxyl groups excluding tert-OH is 4. The van der Waals surface area contributed by atoms with Crippen molar-refractivity contribution in [2.45, 2.75) is 102 Å². The topological polar surface area (TPSA) is 101 Å². The van der Waals surface area contributed by atoms with Crippen LogP contribution in [0.1, 0.15) is 78.6 Å². The molecule has 1 unspecified atom stereocenters. The molecule has 5 nitrogen and oxygen atoms in total. The van der Waals surface area contributed by atoms with E-state index in [1.54, 1.807) is 6.92 Å². The van der Waals surface area contributed by atoms with Crippen LogP contribution < -0.4 is 0 Å². The van der Waals surface area contributed by atoms with E-state index in [1.165, 1.54) is 12.0 Å².